The fourth-order valence-electron chi connectivity index (χ4n) is 2.16. The molecule has 1 N–H and O–H groups in total. The predicted molar refractivity (Wildman–Crippen MR) is 68.8 cm³/mol. The highest BCUT2D eigenvalue weighted by molar-refractivity contribution is 5.27. The van der Waals surface area contributed by atoms with Crippen LogP contribution in [0.1, 0.15) is 44.6 Å². The molecule has 0 aliphatic heterocycles. The maximum Gasteiger partial charge on any atom is 0.0657 e. The molecule has 0 unspecified atom stereocenters. The summed E-state index contributed by atoms with van der Waals surface area (Å²) in [6.07, 6.45) is 3.20. The van der Waals surface area contributed by atoms with Crippen molar-refractivity contribution in [2.45, 2.75) is 53.0 Å². The van der Waals surface area contributed by atoms with Gasteiger partial charge in [0.05, 0.1) is 5.69 Å². The zero-order valence-electron chi connectivity index (χ0n) is 11.3. The van der Waals surface area contributed by atoms with Crippen LogP contribution in [0, 0.1) is 0 Å². The maximum atomic E-state index is 4.59. The molecule has 0 aliphatic carbocycles. The van der Waals surface area contributed by atoms with E-state index in [-0.39, 0.29) is 0 Å². The molecule has 0 aliphatic rings. The van der Waals surface area contributed by atoms with Gasteiger partial charge in [-0.3, -0.25) is 4.68 Å². The average molecular weight is 223 g/mol. The molecule has 1 heterocycles. The summed E-state index contributed by atoms with van der Waals surface area (Å²) < 4.78 is 2.05. The van der Waals surface area contributed by atoms with Crippen molar-refractivity contribution >= 4 is 0 Å². The Bertz CT molecular complexity index is 326. The fourth-order valence-corrected chi connectivity index (χ4v) is 2.16. The highest BCUT2D eigenvalue weighted by Gasteiger charge is 2.12. The van der Waals surface area contributed by atoms with Crippen molar-refractivity contribution in [2.24, 2.45) is 7.05 Å². The van der Waals surface area contributed by atoms with Gasteiger partial charge in [-0.2, -0.15) is 5.10 Å². The van der Waals surface area contributed by atoms with Crippen LogP contribution in [0.3, 0.4) is 0 Å². The summed E-state index contributed by atoms with van der Waals surface area (Å²) in [6.45, 7) is 9.80. The Balaban J connectivity index is 2.75. The molecule has 16 heavy (non-hydrogen) atoms. The summed E-state index contributed by atoms with van der Waals surface area (Å²) in [5.74, 6) is 0. The molecule has 3 heteroatoms. The minimum Gasteiger partial charge on any atom is -0.314 e. The van der Waals surface area contributed by atoms with Crippen LogP contribution in [0.4, 0.5) is 0 Å². The van der Waals surface area contributed by atoms with Crippen LogP contribution < -0.4 is 5.32 Å². The Kier molecular flexibility index (Phi) is 5.00. The molecule has 0 fully saturated rings. The first-order chi connectivity index (χ1) is 7.60. The number of nitrogens with zero attached hydrogens (tertiary/aromatic N) is 2. The topological polar surface area (TPSA) is 29.9 Å². The van der Waals surface area contributed by atoms with Crippen LogP contribution in [0.25, 0.3) is 0 Å². The van der Waals surface area contributed by atoms with Crippen LogP contribution in [0.5, 0.6) is 0 Å². The number of nitrogens with one attached hydrogen (secondary N) is 1. The van der Waals surface area contributed by atoms with Crippen molar-refractivity contribution in [3.8, 4) is 0 Å². The van der Waals surface area contributed by atoms with Gasteiger partial charge in [-0.05, 0) is 31.4 Å². The van der Waals surface area contributed by atoms with Gasteiger partial charge in [0.25, 0.3) is 0 Å². The van der Waals surface area contributed by atoms with E-state index in [2.05, 4.69) is 45.2 Å². The van der Waals surface area contributed by atoms with E-state index in [0.29, 0.717) is 6.04 Å². The first-order valence-corrected chi connectivity index (χ1v) is 6.37. The minimum atomic E-state index is 0.562. The molecule has 3 nitrogen and oxygen atoms in total. The first-order valence-electron chi connectivity index (χ1n) is 6.37. The average Bonchev–Trinajstić information content (AvgIpc) is 2.54. The number of hydrogen-bond donors (Lipinski definition) is 1. The standard InChI is InChI=1S/C13H25N3/c1-6-12-11(8-9-14-10(3)4)13(7-2)16(5)15-12/h10,14H,6-9H2,1-5H3. The summed E-state index contributed by atoms with van der Waals surface area (Å²) in [5.41, 5.74) is 4.12. The van der Waals surface area contributed by atoms with Gasteiger partial charge in [-0.1, -0.05) is 27.7 Å². The maximum absolute atomic E-state index is 4.59. The highest BCUT2D eigenvalue weighted by atomic mass is 15.3. The van der Waals surface area contributed by atoms with Crippen LogP contribution in [0.2, 0.25) is 0 Å². The monoisotopic (exact) mass is 223 g/mol. The second-order valence-corrected chi connectivity index (χ2v) is 4.56. The van der Waals surface area contributed by atoms with Crippen LogP contribution in [0.15, 0.2) is 0 Å². The molecule has 0 radical (unpaired) electrons. The third-order valence-corrected chi connectivity index (χ3v) is 2.96. The molecule has 0 saturated heterocycles. The summed E-state index contributed by atoms with van der Waals surface area (Å²) in [5, 5.41) is 8.06. The lowest BCUT2D eigenvalue weighted by Crippen LogP contribution is -2.25. The SMILES string of the molecule is CCc1nn(C)c(CC)c1CCNC(C)C. The Morgan fingerprint density at radius 1 is 1.25 bits per heavy atom. The third kappa shape index (κ3) is 3.08. The van der Waals surface area contributed by atoms with E-state index in [4.69, 9.17) is 0 Å². The van der Waals surface area contributed by atoms with E-state index in [9.17, 15) is 0 Å². The normalized spacial score (nSPS) is 11.4. The second kappa shape index (κ2) is 6.04. The summed E-state index contributed by atoms with van der Waals surface area (Å²) in [6, 6.07) is 0.562. The van der Waals surface area contributed by atoms with Crippen molar-refractivity contribution in [1.29, 1.82) is 0 Å². The van der Waals surface area contributed by atoms with Crippen LogP contribution in [-0.4, -0.2) is 22.4 Å². The van der Waals surface area contributed by atoms with Gasteiger partial charge in [0.1, 0.15) is 0 Å². The molecule has 0 saturated carbocycles. The van der Waals surface area contributed by atoms with E-state index in [1.165, 1.54) is 17.0 Å². The largest absolute Gasteiger partial charge is 0.314 e. The van der Waals surface area contributed by atoms with E-state index in [1.807, 2.05) is 4.68 Å². The van der Waals surface area contributed by atoms with Gasteiger partial charge < -0.3 is 5.32 Å². The molecule has 0 aromatic carbocycles. The van der Waals surface area contributed by atoms with Crippen molar-refractivity contribution in [3.63, 3.8) is 0 Å². The summed E-state index contributed by atoms with van der Waals surface area (Å²) >= 11 is 0. The van der Waals surface area contributed by atoms with E-state index in [0.717, 1.165) is 25.8 Å². The van der Waals surface area contributed by atoms with E-state index >= 15 is 0 Å². The molecule has 0 amide bonds. The zero-order chi connectivity index (χ0) is 12.1. The number of aromatic nitrogens is 2. The molecular weight excluding hydrogens is 198 g/mol. The van der Waals surface area contributed by atoms with Crippen molar-refractivity contribution < 1.29 is 0 Å². The second-order valence-electron chi connectivity index (χ2n) is 4.56. The third-order valence-electron chi connectivity index (χ3n) is 2.96. The smallest absolute Gasteiger partial charge is 0.0657 e. The highest BCUT2D eigenvalue weighted by Crippen LogP contribution is 2.15. The molecule has 1 aromatic heterocycles. The quantitative estimate of drug-likeness (QED) is 0.800. The van der Waals surface area contributed by atoms with Gasteiger partial charge in [-0.15, -0.1) is 0 Å². The summed E-state index contributed by atoms with van der Waals surface area (Å²) in [4.78, 5) is 0. The molecular formula is C13H25N3. The molecule has 0 atom stereocenters. The number of rotatable bonds is 6. The zero-order valence-corrected chi connectivity index (χ0v) is 11.3. The van der Waals surface area contributed by atoms with Gasteiger partial charge in [0.2, 0.25) is 0 Å². The summed E-state index contributed by atoms with van der Waals surface area (Å²) in [7, 11) is 2.05. The Labute approximate surface area is 99.2 Å². The van der Waals surface area contributed by atoms with Gasteiger partial charge in [-0.25, -0.2) is 0 Å². The van der Waals surface area contributed by atoms with Crippen LogP contribution >= 0.6 is 0 Å². The van der Waals surface area contributed by atoms with Gasteiger partial charge in [0.15, 0.2) is 0 Å². The van der Waals surface area contributed by atoms with E-state index < -0.39 is 0 Å². The predicted octanol–water partition coefficient (Wildman–Crippen LogP) is 2.09. The molecule has 0 spiro atoms. The number of hydrogen-bond acceptors (Lipinski definition) is 2. The van der Waals surface area contributed by atoms with E-state index in [1.54, 1.807) is 0 Å². The molecule has 92 valence electrons. The van der Waals surface area contributed by atoms with Gasteiger partial charge in [0, 0.05) is 18.8 Å². The number of aryl methyl sites for hydroxylation is 2. The van der Waals surface area contributed by atoms with Gasteiger partial charge >= 0.3 is 0 Å². The van der Waals surface area contributed by atoms with Crippen molar-refractivity contribution in [2.75, 3.05) is 6.54 Å². The first kappa shape index (κ1) is 13.2. The lowest BCUT2D eigenvalue weighted by Gasteiger charge is -2.09. The molecule has 1 aromatic rings. The Hall–Kier alpha value is -0.830. The minimum absolute atomic E-state index is 0.562. The fraction of sp³-hybridized carbons (Fsp3) is 0.769. The Morgan fingerprint density at radius 2 is 1.94 bits per heavy atom. The lowest BCUT2D eigenvalue weighted by atomic mass is 10.1. The van der Waals surface area contributed by atoms with Crippen molar-refractivity contribution in [1.82, 2.24) is 15.1 Å². The molecule has 0 bridgehead atoms. The molecule has 1 rings (SSSR count). The van der Waals surface area contributed by atoms with Crippen molar-refractivity contribution in [3.05, 3.63) is 17.0 Å². The van der Waals surface area contributed by atoms with Crippen LogP contribution in [-0.2, 0) is 26.3 Å². The lowest BCUT2D eigenvalue weighted by molar-refractivity contribution is 0.588. The Morgan fingerprint density at radius 3 is 2.44 bits per heavy atom.